The lowest BCUT2D eigenvalue weighted by molar-refractivity contribution is -0.140. The molecule has 3 aromatic heterocycles. The van der Waals surface area contributed by atoms with E-state index in [1.807, 2.05) is 0 Å². The Balaban J connectivity index is 1.72. The van der Waals surface area contributed by atoms with Gasteiger partial charge in [0, 0.05) is 10.9 Å². The molecular weight excluding hydrogens is 441 g/mol. The van der Waals surface area contributed by atoms with Crippen LogP contribution in [0.3, 0.4) is 0 Å². The van der Waals surface area contributed by atoms with Gasteiger partial charge in [-0.1, -0.05) is 0 Å². The number of oxazole rings is 1. The Bertz CT molecular complexity index is 1330. The van der Waals surface area contributed by atoms with E-state index in [4.69, 9.17) is 19.3 Å². The third kappa shape index (κ3) is 4.40. The summed E-state index contributed by atoms with van der Waals surface area (Å²) in [6.07, 6.45) is -4.62. The van der Waals surface area contributed by atoms with E-state index < -0.39 is 17.8 Å². The average Bonchev–Trinajstić information content (AvgIpc) is 3.41. The van der Waals surface area contributed by atoms with Gasteiger partial charge < -0.3 is 24.6 Å². The number of methoxy groups -OCH3 is 1. The Morgan fingerprint density at radius 1 is 1.12 bits per heavy atom. The van der Waals surface area contributed by atoms with Gasteiger partial charge >= 0.3 is 6.18 Å². The highest BCUT2D eigenvalue weighted by molar-refractivity contribution is 5.98. The maximum Gasteiger partial charge on any atom is 0.433 e. The number of alkyl halides is 3. The summed E-state index contributed by atoms with van der Waals surface area (Å²) >= 11 is 0. The summed E-state index contributed by atoms with van der Waals surface area (Å²) < 4.78 is 55.8. The van der Waals surface area contributed by atoms with Crippen molar-refractivity contribution in [1.29, 1.82) is 0 Å². The molecule has 0 aliphatic rings. The molecule has 0 saturated carbocycles. The molecule has 0 saturated heterocycles. The summed E-state index contributed by atoms with van der Waals surface area (Å²) in [6.45, 7) is 1.81. The summed E-state index contributed by atoms with van der Waals surface area (Å²) in [5, 5.41) is 2.99. The molecule has 0 aliphatic carbocycles. The van der Waals surface area contributed by atoms with Crippen LogP contribution in [-0.2, 0) is 19.3 Å². The molecule has 0 fully saturated rings. The number of nitrogens with two attached hydrogens (primary N) is 1. The highest BCUT2D eigenvalue weighted by Crippen LogP contribution is 2.36. The molecule has 33 heavy (non-hydrogen) atoms. The molecule has 0 atom stereocenters. The summed E-state index contributed by atoms with van der Waals surface area (Å²) in [5.41, 5.74) is 4.96. The number of nitrogens with zero attached hydrogens (tertiary/aromatic N) is 2. The molecule has 0 aliphatic heterocycles. The summed E-state index contributed by atoms with van der Waals surface area (Å²) in [6, 6.07) is 8.64. The first kappa shape index (κ1) is 22.3. The quantitative estimate of drug-likeness (QED) is 0.443. The minimum absolute atomic E-state index is 0.0171. The molecule has 8 nitrogen and oxygen atoms in total. The Labute approximate surface area is 185 Å². The zero-order chi connectivity index (χ0) is 23.8. The number of ether oxygens (including phenoxy) is 1. The van der Waals surface area contributed by atoms with Crippen molar-refractivity contribution in [2.45, 2.75) is 26.2 Å². The van der Waals surface area contributed by atoms with E-state index in [0.29, 0.717) is 22.5 Å². The van der Waals surface area contributed by atoms with Crippen molar-refractivity contribution in [3.8, 4) is 17.2 Å². The van der Waals surface area contributed by atoms with E-state index in [1.165, 1.54) is 19.2 Å². The number of benzene rings is 1. The number of aromatic nitrogens is 2. The maximum absolute atomic E-state index is 13.2. The van der Waals surface area contributed by atoms with Gasteiger partial charge in [-0.15, -0.1) is 0 Å². The zero-order valence-corrected chi connectivity index (χ0v) is 17.6. The lowest BCUT2D eigenvalue weighted by atomic mass is 10.1. The van der Waals surface area contributed by atoms with Crippen LogP contribution < -0.4 is 15.8 Å². The number of aryl methyl sites for hydroxylation is 1. The second-order valence-corrected chi connectivity index (χ2v) is 7.10. The van der Waals surface area contributed by atoms with Crippen LogP contribution >= 0.6 is 0 Å². The van der Waals surface area contributed by atoms with E-state index >= 15 is 0 Å². The minimum Gasteiger partial charge on any atom is -0.494 e. The van der Waals surface area contributed by atoms with Crippen molar-refractivity contribution in [1.82, 2.24) is 15.3 Å². The number of carbonyl (C=O) groups is 1. The molecule has 0 unspecified atom stereocenters. The highest BCUT2D eigenvalue weighted by Gasteiger charge is 2.33. The largest absolute Gasteiger partial charge is 0.494 e. The summed E-state index contributed by atoms with van der Waals surface area (Å²) in [4.78, 5) is 20.7. The second-order valence-electron chi connectivity index (χ2n) is 7.10. The van der Waals surface area contributed by atoms with Crippen molar-refractivity contribution >= 4 is 16.8 Å². The number of halogens is 3. The molecule has 172 valence electrons. The van der Waals surface area contributed by atoms with E-state index in [-0.39, 0.29) is 41.7 Å². The van der Waals surface area contributed by atoms with Crippen molar-refractivity contribution in [2.75, 3.05) is 7.11 Å². The zero-order valence-electron chi connectivity index (χ0n) is 17.6. The Hall–Kier alpha value is -3.86. The number of hydrogen-bond acceptors (Lipinski definition) is 7. The average molecular weight is 460 g/mol. The molecule has 0 radical (unpaired) electrons. The number of hydrogen-bond donors (Lipinski definition) is 2. The molecule has 3 heterocycles. The lowest BCUT2D eigenvalue weighted by Gasteiger charge is -2.11. The number of fused-ring (bicyclic) bond motifs is 1. The van der Waals surface area contributed by atoms with Gasteiger partial charge in [-0.2, -0.15) is 13.2 Å². The summed E-state index contributed by atoms with van der Waals surface area (Å²) in [5.74, 6) is 1.03. The Morgan fingerprint density at radius 3 is 2.55 bits per heavy atom. The predicted octanol–water partition coefficient (Wildman–Crippen LogP) is 4.21. The van der Waals surface area contributed by atoms with Gasteiger partial charge in [0.15, 0.2) is 11.5 Å². The van der Waals surface area contributed by atoms with Crippen molar-refractivity contribution < 1.29 is 31.5 Å². The molecule has 1 amide bonds. The number of amides is 1. The van der Waals surface area contributed by atoms with Gasteiger partial charge in [0.2, 0.25) is 5.89 Å². The highest BCUT2D eigenvalue weighted by atomic mass is 19.4. The van der Waals surface area contributed by atoms with Crippen LogP contribution in [0.25, 0.3) is 22.4 Å². The molecular formula is C22H19F3N4O4. The van der Waals surface area contributed by atoms with Gasteiger partial charge in [0.25, 0.3) is 5.91 Å². The SMILES string of the molecule is COc1ccc(-c2nc(C(=O)NCc3ccc(C)o3)c(CN)o2)c2ccc(C(F)(F)F)nc12. The molecule has 3 N–H and O–H groups in total. The van der Waals surface area contributed by atoms with E-state index in [9.17, 15) is 18.0 Å². The van der Waals surface area contributed by atoms with E-state index in [0.717, 1.165) is 6.07 Å². The molecule has 0 spiro atoms. The van der Waals surface area contributed by atoms with Crippen LogP contribution in [0.2, 0.25) is 0 Å². The van der Waals surface area contributed by atoms with Crippen LogP contribution in [-0.4, -0.2) is 23.0 Å². The number of rotatable bonds is 6. The van der Waals surface area contributed by atoms with Crippen molar-refractivity contribution in [3.05, 3.63) is 65.1 Å². The first-order chi connectivity index (χ1) is 15.7. The number of carbonyl (C=O) groups excluding carboxylic acids is 1. The Kier molecular flexibility index (Phi) is 5.81. The smallest absolute Gasteiger partial charge is 0.433 e. The van der Waals surface area contributed by atoms with Crippen molar-refractivity contribution in [2.24, 2.45) is 5.73 Å². The van der Waals surface area contributed by atoms with Gasteiger partial charge in [0.05, 0.1) is 20.2 Å². The van der Waals surface area contributed by atoms with Gasteiger partial charge in [0.1, 0.15) is 28.5 Å². The third-order valence-electron chi connectivity index (χ3n) is 4.88. The fraction of sp³-hybridized carbons (Fsp3) is 0.227. The van der Waals surface area contributed by atoms with Crippen LogP contribution in [0.1, 0.15) is 33.5 Å². The molecule has 0 bridgehead atoms. The fourth-order valence-electron chi connectivity index (χ4n) is 3.32. The minimum atomic E-state index is -4.62. The standard InChI is InChI=1S/C22H19F3N4O4/c1-11-3-4-12(32-11)10-27-20(30)19-16(9-26)33-21(29-19)14-5-7-15(31-2)18-13(14)6-8-17(28-18)22(23,24)25/h3-8H,9-10,26H2,1-2H3,(H,27,30). The maximum atomic E-state index is 13.2. The third-order valence-corrected chi connectivity index (χ3v) is 4.88. The Morgan fingerprint density at radius 2 is 1.91 bits per heavy atom. The van der Waals surface area contributed by atoms with Gasteiger partial charge in [-0.05, 0) is 43.3 Å². The second kappa shape index (κ2) is 8.58. The fourth-order valence-corrected chi connectivity index (χ4v) is 3.32. The summed E-state index contributed by atoms with van der Waals surface area (Å²) in [7, 11) is 1.33. The van der Waals surface area contributed by atoms with E-state index in [1.54, 1.807) is 25.1 Å². The molecule has 4 rings (SSSR count). The topological polar surface area (TPSA) is 116 Å². The van der Waals surface area contributed by atoms with Gasteiger partial charge in [-0.25, -0.2) is 9.97 Å². The van der Waals surface area contributed by atoms with E-state index in [2.05, 4.69) is 15.3 Å². The lowest BCUT2D eigenvalue weighted by Crippen LogP contribution is -2.24. The van der Waals surface area contributed by atoms with Gasteiger partial charge in [-0.3, -0.25) is 4.79 Å². The van der Waals surface area contributed by atoms with Crippen molar-refractivity contribution in [3.63, 3.8) is 0 Å². The monoisotopic (exact) mass is 460 g/mol. The molecule has 4 aromatic rings. The predicted molar refractivity (Wildman–Crippen MR) is 111 cm³/mol. The number of furan rings is 1. The first-order valence-electron chi connectivity index (χ1n) is 9.80. The normalized spacial score (nSPS) is 11.7. The van der Waals surface area contributed by atoms with Crippen LogP contribution in [0.4, 0.5) is 13.2 Å². The first-order valence-corrected chi connectivity index (χ1v) is 9.80. The molecule has 1 aromatic carbocycles. The van der Waals surface area contributed by atoms with Crippen LogP contribution in [0.15, 0.2) is 45.2 Å². The number of pyridine rings is 1. The number of nitrogens with one attached hydrogen (secondary N) is 1. The van der Waals surface area contributed by atoms with Crippen LogP contribution in [0.5, 0.6) is 5.75 Å². The molecule has 11 heteroatoms. The van der Waals surface area contributed by atoms with Crippen LogP contribution in [0, 0.1) is 6.92 Å².